The summed E-state index contributed by atoms with van der Waals surface area (Å²) >= 11 is 0. The van der Waals surface area contributed by atoms with Crippen molar-refractivity contribution in [3.63, 3.8) is 0 Å². The van der Waals surface area contributed by atoms with E-state index in [4.69, 9.17) is 4.42 Å². The van der Waals surface area contributed by atoms with Gasteiger partial charge in [0, 0.05) is 35.6 Å². The van der Waals surface area contributed by atoms with Crippen molar-refractivity contribution in [3.05, 3.63) is 60.6 Å². The molecule has 4 rings (SSSR count). The number of aryl methyl sites for hydroxylation is 1. The summed E-state index contributed by atoms with van der Waals surface area (Å²) in [7, 11) is 0. The number of furan rings is 1. The van der Waals surface area contributed by atoms with Gasteiger partial charge in [-0.15, -0.1) is 0 Å². The zero-order valence-electron chi connectivity index (χ0n) is 13.1. The lowest BCUT2D eigenvalue weighted by Gasteiger charge is -2.05. The number of nitrogens with zero attached hydrogens (tertiary/aromatic N) is 2. The fourth-order valence-electron chi connectivity index (χ4n) is 2.79. The fraction of sp³-hybridized carbons (Fsp3) is 0.111. The minimum absolute atomic E-state index is 0.128. The topological polar surface area (TPSA) is 72.1 Å². The van der Waals surface area contributed by atoms with Crippen LogP contribution < -0.4 is 10.6 Å². The van der Waals surface area contributed by atoms with Crippen molar-refractivity contribution in [1.82, 2.24) is 9.78 Å². The molecular formula is C18H16N4O2. The Morgan fingerprint density at radius 3 is 3.04 bits per heavy atom. The number of hydrogen-bond donors (Lipinski definition) is 2. The van der Waals surface area contributed by atoms with Gasteiger partial charge in [0.1, 0.15) is 11.6 Å². The average Bonchev–Trinajstić information content (AvgIpc) is 3.32. The van der Waals surface area contributed by atoms with Crippen molar-refractivity contribution >= 4 is 23.0 Å². The van der Waals surface area contributed by atoms with E-state index in [0.717, 1.165) is 34.9 Å². The third kappa shape index (κ3) is 2.38. The Morgan fingerprint density at radius 2 is 2.25 bits per heavy atom. The molecule has 0 bridgehead atoms. The second-order valence-electron chi connectivity index (χ2n) is 5.43. The summed E-state index contributed by atoms with van der Waals surface area (Å²) in [4.78, 5) is 12.3. The Labute approximate surface area is 138 Å². The summed E-state index contributed by atoms with van der Waals surface area (Å²) in [5.41, 5.74) is 3.17. The minimum Gasteiger partial charge on any atom is -0.464 e. The van der Waals surface area contributed by atoms with Crippen LogP contribution in [0, 0.1) is 0 Å². The van der Waals surface area contributed by atoms with Gasteiger partial charge in [0.25, 0.3) is 5.91 Å². The largest absolute Gasteiger partial charge is 0.464 e. The molecule has 24 heavy (non-hydrogen) atoms. The fourth-order valence-corrected chi connectivity index (χ4v) is 2.79. The molecule has 120 valence electrons. The van der Waals surface area contributed by atoms with E-state index in [9.17, 15) is 4.79 Å². The second-order valence-corrected chi connectivity index (χ2v) is 5.43. The van der Waals surface area contributed by atoms with E-state index < -0.39 is 0 Å². The molecule has 6 heteroatoms. The Hall–Kier alpha value is -3.28. The van der Waals surface area contributed by atoms with Crippen molar-refractivity contribution in [1.29, 1.82) is 0 Å². The van der Waals surface area contributed by atoms with Gasteiger partial charge in [-0.05, 0) is 25.1 Å². The maximum atomic E-state index is 12.3. The van der Waals surface area contributed by atoms with Gasteiger partial charge in [-0.3, -0.25) is 4.79 Å². The summed E-state index contributed by atoms with van der Waals surface area (Å²) < 4.78 is 7.23. The van der Waals surface area contributed by atoms with E-state index in [2.05, 4.69) is 15.7 Å². The first kappa shape index (κ1) is 14.3. The molecule has 0 atom stereocenters. The second kappa shape index (κ2) is 5.73. The number of carbonyl (C=O) groups is 1. The summed E-state index contributed by atoms with van der Waals surface area (Å²) in [6, 6.07) is 11.4. The molecule has 2 N–H and O–H groups in total. The van der Waals surface area contributed by atoms with Crippen molar-refractivity contribution < 1.29 is 9.21 Å². The lowest BCUT2D eigenvalue weighted by molar-refractivity contribution is -0.110. The molecule has 0 radical (unpaired) electrons. The summed E-state index contributed by atoms with van der Waals surface area (Å²) in [5, 5.41) is 10.3. The lowest BCUT2D eigenvalue weighted by Crippen LogP contribution is -2.07. The number of hydrogen-bond acceptors (Lipinski definition) is 4. The van der Waals surface area contributed by atoms with Crippen LogP contribution in [0.25, 0.3) is 16.9 Å². The summed E-state index contributed by atoms with van der Waals surface area (Å²) in [6.45, 7) is 2.77. The predicted octanol–water partition coefficient (Wildman–Crippen LogP) is 3.57. The molecule has 1 amide bonds. The van der Waals surface area contributed by atoms with Crippen molar-refractivity contribution in [2.45, 2.75) is 13.5 Å². The molecule has 1 aromatic carbocycles. The average molecular weight is 320 g/mol. The van der Waals surface area contributed by atoms with Gasteiger partial charge < -0.3 is 15.1 Å². The van der Waals surface area contributed by atoms with Gasteiger partial charge in [0.15, 0.2) is 0 Å². The highest BCUT2D eigenvalue weighted by molar-refractivity contribution is 6.31. The smallest absolute Gasteiger partial charge is 0.257 e. The van der Waals surface area contributed by atoms with Crippen LogP contribution in [0.1, 0.15) is 12.5 Å². The highest BCUT2D eigenvalue weighted by Gasteiger charge is 2.24. The van der Waals surface area contributed by atoms with E-state index in [1.807, 2.05) is 48.0 Å². The van der Waals surface area contributed by atoms with Crippen LogP contribution in [0.3, 0.4) is 0 Å². The minimum atomic E-state index is -0.128. The third-order valence-electron chi connectivity index (χ3n) is 3.99. The summed E-state index contributed by atoms with van der Waals surface area (Å²) in [5.74, 6) is 1.49. The number of rotatable bonds is 4. The molecule has 3 heterocycles. The third-order valence-corrected chi connectivity index (χ3v) is 3.99. The molecule has 0 spiro atoms. The van der Waals surface area contributed by atoms with Crippen LogP contribution in [0.4, 0.5) is 11.5 Å². The molecule has 0 aliphatic carbocycles. The number of amides is 1. The number of nitrogens with one attached hydrogen (secondary N) is 2. The molecule has 3 aromatic rings. The zero-order valence-corrected chi connectivity index (χ0v) is 13.1. The van der Waals surface area contributed by atoms with E-state index in [1.165, 1.54) is 0 Å². The molecule has 0 fully saturated rings. The molecule has 0 saturated heterocycles. The van der Waals surface area contributed by atoms with Gasteiger partial charge in [0.05, 0.1) is 18.0 Å². The van der Waals surface area contributed by atoms with Gasteiger partial charge in [-0.1, -0.05) is 12.1 Å². The maximum Gasteiger partial charge on any atom is 0.257 e. The zero-order chi connectivity index (χ0) is 16.5. The molecule has 6 nitrogen and oxygen atoms in total. The SMILES string of the molecule is CCn1nccc1NC=C1C(=O)Nc2cc(-c3ccco3)ccc21. The summed E-state index contributed by atoms with van der Waals surface area (Å²) in [6.07, 6.45) is 5.08. The van der Waals surface area contributed by atoms with Crippen LogP contribution in [0.15, 0.2) is 59.5 Å². The van der Waals surface area contributed by atoms with E-state index >= 15 is 0 Å². The Kier molecular flexibility index (Phi) is 3.42. The van der Waals surface area contributed by atoms with Crippen LogP contribution >= 0.6 is 0 Å². The van der Waals surface area contributed by atoms with Crippen LogP contribution in [-0.4, -0.2) is 15.7 Å². The van der Waals surface area contributed by atoms with E-state index in [-0.39, 0.29) is 5.91 Å². The van der Waals surface area contributed by atoms with E-state index in [0.29, 0.717) is 5.57 Å². The Bertz CT molecular complexity index is 922. The highest BCUT2D eigenvalue weighted by atomic mass is 16.3. The number of benzene rings is 1. The quantitative estimate of drug-likeness (QED) is 0.721. The Balaban J connectivity index is 1.65. The van der Waals surface area contributed by atoms with Crippen molar-refractivity contribution in [3.8, 4) is 11.3 Å². The number of aromatic nitrogens is 2. The maximum absolute atomic E-state index is 12.3. The molecule has 2 aromatic heterocycles. The van der Waals surface area contributed by atoms with Gasteiger partial charge >= 0.3 is 0 Å². The molecular weight excluding hydrogens is 304 g/mol. The van der Waals surface area contributed by atoms with Gasteiger partial charge in [-0.2, -0.15) is 5.10 Å². The highest BCUT2D eigenvalue weighted by Crippen LogP contribution is 2.35. The van der Waals surface area contributed by atoms with Gasteiger partial charge in [0.2, 0.25) is 0 Å². The molecule has 0 unspecified atom stereocenters. The normalized spacial score (nSPS) is 14.7. The Morgan fingerprint density at radius 1 is 1.33 bits per heavy atom. The van der Waals surface area contributed by atoms with Crippen molar-refractivity contribution in [2.75, 3.05) is 10.6 Å². The van der Waals surface area contributed by atoms with E-state index in [1.54, 1.807) is 18.7 Å². The van der Waals surface area contributed by atoms with Gasteiger partial charge in [-0.25, -0.2) is 4.68 Å². The predicted molar refractivity (Wildman–Crippen MR) is 92.3 cm³/mol. The van der Waals surface area contributed by atoms with Crippen molar-refractivity contribution in [2.24, 2.45) is 0 Å². The number of anilines is 2. The molecule has 0 saturated carbocycles. The standard InChI is InChI=1S/C18H16N4O2/c1-2-22-17(7-8-20-22)19-11-14-13-6-5-12(16-4-3-9-24-16)10-15(13)21-18(14)23/h3-11,19H,2H2,1H3,(H,21,23). The van der Waals surface area contributed by atoms with Crippen LogP contribution in [-0.2, 0) is 11.3 Å². The lowest BCUT2D eigenvalue weighted by atomic mass is 10.0. The first-order chi connectivity index (χ1) is 11.8. The van der Waals surface area contributed by atoms with Crippen LogP contribution in [0.2, 0.25) is 0 Å². The molecule has 1 aliphatic heterocycles. The monoisotopic (exact) mass is 320 g/mol. The number of carbonyl (C=O) groups excluding carboxylic acids is 1. The first-order valence-corrected chi connectivity index (χ1v) is 7.74. The van der Waals surface area contributed by atoms with Crippen LogP contribution in [0.5, 0.6) is 0 Å². The first-order valence-electron chi connectivity index (χ1n) is 7.74. The number of fused-ring (bicyclic) bond motifs is 1. The molecule has 1 aliphatic rings.